The summed E-state index contributed by atoms with van der Waals surface area (Å²) in [7, 11) is 1.24. The molecule has 51 heavy (non-hydrogen) atoms. The molecule has 4 aromatic carbocycles. The highest BCUT2D eigenvalue weighted by molar-refractivity contribution is 6.15. The Morgan fingerprint density at radius 3 is 2.25 bits per heavy atom. The molecular formula is C40H44N4O7. The summed E-state index contributed by atoms with van der Waals surface area (Å²) in [6, 6.07) is 32.1. The van der Waals surface area contributed by atoms with Crippen LogP contribution in [-0.2, 0) is 31.8 Å². The number of benzene rings is 4. The number of fused-ring (bicyclic) bond motifs is 1. The van der Waals surface area contributed by atoms with Gasteiger partial charge in [0, 0.05) is 18.9 Å². The largest absolute Gasteiger partial charge is 0.452 e. The van der Waals surface area contributed by atoms with Crippen molar-refractivity contribution in [1.29, 1.82) is 0 Å². The van der Waals surface area contributed by atoms with E-state index in [-0.39, 0.29) is 18.8 Å². The molecule has 2 aliphatic rings. The van der Waals surface area contributed by atoms with Gasteiger partial charge in [-0.3, -0.25) is 4.79 Å². The zero-order chi connectivity index (χ0) is 35.7. The predicted octanol–water partition coefficient (Wildman–Crippen LogP) is 4.62. The molecule has 4 aromatic rings. The third-order valence-corrected chi connectivity index (χ3v) is 9.57. The van der Waals surface area contributed by atoms with Crippen molar-refractivity contribution in [2.45, 2.75) is 55.5 Å². The maximum atomic E-state index is 14.2. The van der Waals surface area contributed by atoms with E-state index in [4.69, 9.17) is 19.9 Å². The van der Waals surface area contributed by atoms with Crippen LogP contribution in [0.4, 0.5) is 15.3 Å². The monoisotopic (exact) mass is 692 g/mol. The third-order valence-electron chi connectivity index (χ3n) is 9.57. The molecule has 11 nitrogen and oxygen atoms in total. The first kappa shape index (κ1) is 35.7. The molecule has 0 spiro atoms. The number of hydrogen-bond acceptors (Lipinski definition) is 9. The molecule has 1 aliphatic heterocycles. The van der Waals surface area contributed by atoms with Crippen LogP contribution in [0, 0.1) is 0 Å². The summed E-state index contributed by atoms with van der Waals surface area (Å²) < 4.78 is 16.7. The molecule has 1 fully saturated rings. The maximum absolute atomic E-state index is 14.2. The number of aliphatic hydroxyl groups is 1. The minimum atomic E-state index is -1.09. The van der Waals surface area contributed by atoms with E-state index in [1.54, 1.807) is 12.1 Å². The maximum Gasteiger partial charge on any atom is 0.420 e. The number of amides is 3. The number of aliphatic hydroxyl groups excluding tert-OH is 1. The molecule has 0 radical (unpaired) electrons. The van der Waals surface area contributed by atoms with Gasteiger partial charge in [0.2, 0.25) is 0 Å². The van der Waals surface area contributed by atoms with Gasteiger partial charge >= 0.3 is 12.2 Å². The fourth-order valence-electron chi connectivity index (χ4n) is 6.93. The molecule has 1 aliphatic carbocycles. The Morgan fingerprint density at radius 1 is 0.941 bits per heavy atom. The number of aryl methyl sites for hydroxylation is 1. The highest BCUT2D eigenvalue weighted by Crippen LogP contribution is 2.32. The Bertz CT molecular complexity index is 1740. The summed E-state index contributed by atoms with van der Waals surface area (Å²) in [6.07, 6.45) is -0.683. The lowest BCUT2D eigenvalue weighted by Gasteiger charge is -2.31. The number of hydrogen-bond donors (Lipinski definition) is 4. The van der Waals surface area contributed by atoms with Gasteiger partial charge < -0.3 is 35.7 Å². The second-order valence-corrected chi connectivity index (χ2v) is 12.9. The molecule has 0 saturated carbocycles. The second kappa shape index (κ2) is 16.8. The number of nitrogens with two attached hydrogens (primary N) is 1. The van der Waals surface area contributed by atoms with E-state index < -0.39 is 42.2 Å². The standard InChI is InChI=1S/C40H44N4O7/c1-49-40(48)44(38(46)36(41)35(27-13-4-2-5-14-27)28-15-6-3-7-16-28)33-19-11-9-12-26(33)20-21-31-23-42-30(24-50-31)25-51-39(47)43-37-32-18-10-8-17-29(32)22-34(37)45/h2-19,30-31,34-37,42,45H,20-25,41H2,1H3,(H,43,47)/t30-,31+,34+,36-,37-/m0/s1. The Balaban J connectivity index is 1.06. The fraction of sp³-hybridized carbons (Fsp3) is 0.325. The van der Waals surface area contributed by atoms with E-state index in [9.17, 15) is 19.5 Å². The molecule has 1 heterocycles. The van der Waals surface area contributed by atoms with Gasteiger partial charge in [0.05, 0.1) is 49.7 Å². The van der Waals surface area contributed by atoms with Crippen molar-refractivity contribution in [2.75, 3.05) is 31.8 Å². The Hall–Kier alpha value is -5.07. The SMILES string of the molecule is COC(=O)N(C(=O)[C@@H](N)C(c1ccccc1)c1ccccc1)c1ccccc1CC[C@@H]1CN[C@H](COC(=O)N[C@H]2c3ccccc3C[C@H]2O)CO1. The van der Waals surface area contributed by atoms with E-state index in [1.807, 2.05) is 97.1 Å². The molecule has 11 heteroatoms. The number of anilines is 1. The second-order valence-electron chi connectivity index (χ2n) is 12.9. The highest BCUT2D eigenvalue weighted by atomic mass is 16.6. The number of morpholine rings is 1. The van der Waals surface area contributed by atoms with Crippen LogP contribution in [0.25, 0.3) is 0 Å². The van der Waals surface area contributed by atoms with Gasteiger partial charge in [-0.2, -0.15) is 0 Å². The van der Waals surface area contributed by atoms with Crippen molar-refractivity contribution < 1.29 is 33.7 Å². The van der Waals surface area contributed by atoms with Crippen molar-refractivity contribution >= 4 is 23.8 Å². The molecule has 1 saturated heterocycles. The van der Waals surface area contributed by atoms with E-state index in [2.05, 4.69) is 10.6 Å². The molecule has 0 unspecified atom stereocenters. The number of carbonyl (C=O) groups is 3. The van der Waals surface area contributed by atoms with Crippen molar-refractivity contribution in [2.24, 2.45) is 5.73 Å². The summed E-state index contributed by atoms with van der Waals surface area (Å²) in [5, 5.41) is 16.6. The molecule has 0 aromatic heterocycles. The Labute approximate surface area is 297 Å². The number of alkyl carbamates (subject to hydrolysis) is 1. The van der Waals surface area contributed by atoms with Crippen LogP contribution < -0.4 is 21.3 Å². The van der Waals surface area contributed by atoms with Crippen LogP contribution in [0.1, 0.15) is 46.2 Å². The van der Waals surface area contributed by atoms with Gasteiger partial charge in [-0.15, -0.1) is 0 Å². The van der Waals surface area contributed by atoms with Gasteiger partial charge in [0.15, 0.2) is 0 Å². The molecule has 0 bridgehead atoms. The number of imide groups is 1. The summed E-state index contributed by atoms with van der Waals surface area (Å²) in [5.41, 5.74) is 11.5. The number of nitrogens with zero attached hydrogens (tertiary/aromatic N) is 1. The quantitative estimate of drug-likeness (QED) is 0.177. The van der Waals surface area contributed by atoms with Crippen molar-refractivity contribution in [3.8, 4) is 0 Å². The highest BCUT2D eigenvalue weighted by Gasteiger charge is 2.37. The van der Waals surface area contributed by atoms with Crippen LogP contribution in [0.15, 0.2) is 109 Å². The Morgan fingerprint density at radius 2 is 1.59 bits per heavy atom. The summed E-state index contributed by atoms with van der Waals surface area (Å²) in [5.74, 6) is -1.09. The molecule has 3 amide bonds. The topological polar surface area (TPSA) is 152 Å². The van der Waals surface area contributed by atoms with Gasteiger partial charge in [0.1, 0.15) is 6.61 Å². The predicted molar refractivity (Wildman–Crippen MR) is 192 cm³/mol. The lowest BCUT2D eigenvalue weighted by molar-refractivity contribution is -0.119. The number of rotatable bonds is 11. The van der Waals surface area contributed by atoms with Crippen LogP contribution in [-0.4, -0.2) is 74.4 Å². The van der Waals surface area contributed by atoms with E-state index in [0.717, 1.165) is 32.7 Å². The minimum absolute atomic E-state index is 0.106. The van der Waals surface area contributed by atoms with E-state index in [1.165, 1.54) is 7.11 Å². The first-order valence-electron chi connectivity index (χ1n) is 17.2. The summed E-state index contributed by atoms with van der Waals surface area (Å²) in [4.78, 5) is 41.1. The first-order chi connectivity index (χ1) is 24.8. The van der Waals surface area contributed by atoms with E-state index in [0.29, 0.717) is 38.1 Å². The average molecular weight is 693 g/mol. The van der Waals surface area contributed by atoms with E-state index >= 15 is 0 Å². The Kier molecular flexibility index (Phi) is 11.7. The lowest BCUT2D eigenvalue weighted by atomic mass is 9.84. The number of para-hydroxylation sites is 1. The van der Waals surface area contributed by atoms with Crippen LogP contribution in [0.3, 0.4) is 0 Å². The van der Waals surface area contributed by atoms with Crippen LogP contribution in [0.5, 0.6) is 0 Å². The van der Waals surface area contributed by atoms with Gasteiger partial charge in [0.25, 0.3) is 5.91 Å². The first-order valence-corrected chi connectivity index (χ1v) is 17.2. The number of nitrogens with one attached hydrogen (secondary N) is 2. The lowest BCUT2D eigenvalue weighted by Crippen LogP contribution is -2.50. The molecule has 266 valence electrons. The smallest absolute Gasteiger partial charge is 0.420 e. The van der Waals surface area contributed by atoms with Crippen LogP contribution in [0.2, 0.25) is 0 Å². The summed E-state index contributed by atoms with van der Waals surface area (Å²) >= 11 is 0. The molecule has 5 atom stereocenters. The van der Waals surface area contributed by atoms with Crippen molar-refractivity contribution in [3.63, 3.8) is 0 Å². The molecule has 5 N–H and O–H groups in total. The molecule has 6 rings (SSSR count). The average Bonchev–Trinajstić information content (AvgIpc) is 3.48. The zero-order valence-corrected chi connectivity index (χ0v) is 28.5. The van der Waals surface area contributed by atoms with Gasteiger partial charge in [-0.05, 0) is 46.7 Å². The normalized spacial score (nSPS) is 20.2. The van der Waals surface area contributed by atoms with Gasteiger partial charge in [-0.1, -0.05) is 103 Å². The number of ether oxygens (including phenoxy) is 3. The fourth-order valence-corrected chi connectivity index (χ4v) is 6.93. The van der Waals surface area contributed by atoms with Crippen LogP contribution >= 0.6 is 0 Å². The van der Waals surface area contributed by atoms with Crippen molar-refractivity contribution in [1.82, 2.24) is 10.6 Å². The number of carbonyl (C=O) groups excluding carboxylic acids is 3. The number of methoxy groups -OCH3 is 1. The summed E-state index contributed by atoms with van der Waals surface area (Å²) in [6.45, 7) is 0.957. The molecular weight excluding hydrogens is 648 g/mol. The van der Waals surface area contributed by atoms with Crippen molar-refractivity contribution in [3.05, 3.63) is 137 Å². The third kappa shape index (κ3) is 8.46. The van der Waals surface area contributed by atoms with Gasteiger partial charge in [-0.25, -0.2) is 14.5 Å². The minimum Gasteiger partial charge on any atom is -0.452 e. The zero-order valence-electron chi connectivity index (χ0n) is 28.5.